The molecule has 4 rings (SSSR count). The SMILES string of the molecule is Cc1ccc(S(=O)(=O)N2C=CNC(=O)[C@H]2CC(=O)N2CC[C@H]3CCCC[C@@H]3C2)cc1. The number of carbonyl (C=O) groups is 2. The summed E-state index contributed by atoms with van der Waals surface area (Å²) in [6.45, 7) is 3.29. The van der Waals surface area contributed by atoms with Gasteiger partial charge < -0.3 is 10.2 Å². The first-order valence-electron chi connectivity index (χ1n) is 10.7. The van der Waals surface area contributed by atoms with E-state index < -0.39 is 22.0 Å². The Balaban J connectivity index is 1.51. The first kappa shape index (κ1) is 20.9. The van der Waals surface area contributed by atoms with Crippen molar-refractivity contribution >= 4 is 21.8 Å². The molecule has 0 spiro atoms. The highest BCUT2D eigenvalue weighted by Crippen LogP contribution is 2.36. The van der Waals surface area contributed by atoms with Crippen molar-refractivity contribution in [1.29, 1.82) is 0 Å². The standard InChI is InChI=1S/C22H29N3O4S/c1-16-6-8-19(9-7-16)30(28,29)25-13-11-23-22(27)20(25)14-21(26)24-12-10-17-4-2-3-5-18(17)15-24/h6-9,11,13,17-18,20H,2-5,10,12,14-15H2,1H3,(H,23,27)/t17-,18-,20-/m1/s1. The minimum absolute atomic E-state index is 0.105. The van der Waals surface area contributed by atoms with Crippen LogP contribution in [0, 0.1) is 18.8 Å². The number of nitrogens with one attached hydrogen (secondary N) is 1. The van der Waals surface area contributed by atoms with E-state index in [2.05, 4.69) is 5.32 Å². The van der Waals surface area contributed by atoms with Gasteiger partial charge in [0.05, 0.1) is 11.3 Å². The Hall–Kier alpha value is -2.35. The molecule has 30 heavy (non-hydrogen) atoms. The van der Waals surface area contributed by atoms with Gasteiger partial charge in [0.25, 0.3) is 10.0 Å². The molecule has 0 aromatic heterocycles. The largest absolute Gasteiger partial charge is 0.342 e. The maximum Gasteiger partial charge on any atom is 0.264 e. The summed E-state index contributed by atoms with van der Waals surface area (Å²) in [6.07, 6.45) is 8.36. The lowest BCUT2D eigenvalue weighted by Gasteiger charge is -2.42. The van der Waals surface area contributed by atoms with Gasteiger partial charge in [0.1, 0.15) is 6.04 Å². The van der Waals surface area contributed by atoms with Crippen molar-refractivity contribution in [3.63, 3.8) is 0 Å². The minimum atomic E-state index is -3.94. The highest BCUT2D eigenvalue weighted by atomic mass is 32.2. The number of piperidine rings is 1. The second-order valence-electron chi connectivity index (χ2n) is 8.63. The first-order chi connectivity index (χ1) is 14.4. The number of benzene rings is 1. The summed E-state index contributed by atoms with van der Waals surface area (Å²) in [5.74, 6) is 0.596. The lowest BCUT2D eigenvalue weighted by Crippen LogP contribution is -2.52. The topological polar surface area (TPSA) is 86.8 Å². The van der Waals surface area contributed by atoms with Crippen LogP contribution < -0.4 is 5.32 Å². The number of fused-ring (bicyclic) bond motifs is 1. The molecule has 2 amide bonds. The second-order valence-corrected chi connectivity index (χ2v) is 10.5. The van der Waals surface area contributed by atoms with Crippen LogP contribution in [0.3, 0.4) is 0 Å². The third-order valence-electron chi connectivity index (χ3n) is 6.67. The zero-order chi connectivity index (χ0) is 21.3. The molecule has 7 nitrogen and oxygen atoms in total. The Labute approximate surface area is 178 Å². The fraction of sp³-hybridized carbons (Fsp3) is 0.545. The van der Waals surface area contributed by atoms with Crippen LogP contribution in [0.4, 0.5) is 0 Å². The Morgan fingerprint density at radius 1 is 1.10 bits per heavy atom. The fourth-order valence-electron chi connectivity index (χ4n) is 4.89. The van der Waals surface area contributed by atoms with E-state index >= 15 is 0 Å². The van der Waals surface area contributed by atoms with Gasteiger partial charge in [-0.15, -0.1) is 0 Å². The first-order valence-corrected chi connectivity index (χ1v) is 12.2. The van der Waals surface area contributed by atoms with E-state index in [4.69, 9.17) is 0 Å². The van der Waals surface area contributed by atoms with Gasteiger partial charge in [0, 0.05) is 25.5 Å². The molecular formula is C22H29N3O4S. The molecule has 1 aromatic carbocycles. The zero-order valence-electron chi connectivity index (χ0n) is 17.3. The van der Waals surface area contributed by atoms with E-state index in [1.165, 1.54) is 43.8 Å². The molecule has 2 heterocycles. The van der Waals surface area contributed by atoms with E-state index in [0.29, 0.717) is 18.4 Å². The molecule has 162 valence electrons. The molecule has 0 radical (unpaired) electrons. The predicted molar refractivity (Wildman–Crippen MR) is 113 cm³/mol. The highest BCUT2D eigenvalue weighted by Gasteiger charge is 2.39. The van der Waals surface area contributed by atoms with Crippen molar-refractivity contribution in [2.75, 3.05) is 13.1 Å². The van der Waals surface area contributed by atoms with Gasteiger partial charge in [-0.1, -0.05) is 37.0 Å². The monoisotopic (exact) mass is 431 g/mol. The number of amides is 2. The average molecular weight is 432 g/mol. The third kappa shape index (κ3) is 4.10. The Bertz CT molecular complexity index is 942. The van der Waals surface area contributed by atoms with Gasteiger partial charge in [-0.05, 0) is 43.7 Å². The quantitative estimate of drug-likeness (QED) is 0.793. The molecule has 8 heteroatoms. The van der Waals surface area contributed by atoms with Gasteiger partial charge in [0.2, 0.25) is 11.8 Å². The van der Waals surface area contributed by atoms with Gasteiger partial charge in [0.15, 0.2) is 0 Å². The van der Waals surface area contributed by atoms with Crippen molar-refractivity contribution in [2.45, 2.75) is 56.4 Å². The molecule has 0 bridgehead atoms. The predicted octanol–water partition coefficient (Wildman–Crippen LogP) is 2.38. The van der Waals surface area contributed by atoms with E-state index in [0.717, 1.165) is 29.3 Å². The molecule has 2 aliphatic heterocycles. The number of likely N-dealkylation sites (tertiary alicyclic amines) is 1. The molecule has 2 fully saturated rings. The molecule has 0 unspecified atom stereocenters. The third-order valence-corrected chi connectivity index (χ3v) is 8.46. The van der Waals surface area contributed by atoms with Crippen LogP contribution >= 0.6 is 0 Å². The smallest absolute Gasteiger partial charge is 0.264 e. The number of nitrogens with zero attached hydrogens (tertiary/aromatic N) is 2. The molecule has 1 saturated carbocycles. The second kappa shape index (κ2) is 8.41. The van der Waals surface area contributed by atoms with E-state index in [9.17, 15) is 18.0 Å². The Morgan fingerprint density at radius 3 is 2.53 bits per heavy atom. The minimum Gasteiger partial charge on any atom is -0.342 e. The summed E-state index contributed by atoms with van der Waals surface area (Å²) < 4.78 is 27.4. The molecule has 1 N–H and O–H groups in total. The molecule has 3 aliphatic rings. The van der Waals surface area contributed by atoms with Crippen LogP contribution in [-0.4, -0.2) is 48.6 Å². The molecular weight excluding hydrogens is 402 g/mol. The molecule has 1 aliphatic carbocycles. The van der Waals surface area contributed by atoms with Crippen molar-refractivity contribution in [3.8, 4) is 0 Å². The highest BCUT2D eigenvalue weighted by molar-refractivity contribution is 7.89. The number of sulfonamides is 1. The van der Waals surface area contributed by atoms with Crippen molar-refractivity contribution in [3.05, 3.63) is 42.2 Å². The van der Waals surface area contributed by atoms with Gasteiger partial charge in [-0.3, -0.25) is 13.9 Å². The van der Waals surface area contributed by atoms with Gasteiger partial charge >= 0.3 is 0 Å². The number of rotatable bonds is 4. The van der Waals surface area contributed by atoms with Crippen LogP contribution in [0.5, 0.6) is 0 Å². The summed E-state index contributed by atoms with van der Waals surface area (Å²) in [5, 5.41) is 2.55. The number of hydrogen-bond donors (Lipinski definition) is 1. The van der Waals surface area contributed by atoms with Crippen molar-refractivity contribution < 1.29 is 18.0 Å². The van der Waals surface area contributed by atoms with Gasteiger partial charge in [-0.2, -0.15) is 0 Å². The van der Waals surface area contributed by atoms with Crippen LogP contribution in [0.15, 0.2) is 41.6 Å². The molecule has 1 saturated heterocycles. The summed E-state index contributed by atoms with van der Waals surface area (Å²) >= 11 is 0. The van der Waals surface area contributed by atoms with Crippen LogP contribution in [0.1, 0.15) is 44.1 Å². The maximum absolute atomic E-state index is 13.2. The maximum atomic E-state index is 13.2. The van der Waals surface area contributed by atoms with Crippen LogP contribution in [-0.2, 0) is 19.6 Å². The number of hydrogen-bond acceptors (Lipinski definition) is 4. The zero-order valence-corrected chi connectivity index (χ0v) is 18.1. The summed E-state index contributed by atoms with van der Waals surface area (Å²) in [6, 6.07) is 5.40. The fourth-order valence-corrected chi connectivity index (χ4v) is 6.34. The lowest BCUT2D eigenvalue weighted by atomic mass is 9.75. The van der Waals surface area contributed by atoms with Crippen molar-refractivity contribution in [2.24, 2.45) is 11.8 Å². The normalized spacial score (nSPS) is 26.8. The van der Waals surface area contributed by atoms with Gasteiger partial charge in [-0.25, -0.2) is 8.42 Å². The number of carbonyl (C=O) groups excluding carboxylic acids is 2. The van der Waals surface area contributed by atoms with E-state index in [1.807, 2.05) is 11.8 Å². The van der Waals surface area contributed by atoms with E-state index in [-0.39, 0.29) is 17.2 Å². The van der Waals surface area contributed by atoms with Crippen molar-refractivity contribution in [1.82, 2.24) is 14.5 Å². The van der Waals surface area contributed by atoms with E-state index in [1.54, 1.807) is 12.1 Å². The number of aryl methyl sites for hydroxylation is 1. The molecule has 1 aromatic rings. The lowest BCUT2D eigenvalue weighted by molar-refractivity contribution is -0.138. The average Bonchev–Trinajstić information content (AvgIpc) is 2.75. The van der Waals surface area contributed by atoms with Crippen LogP contribution in [0.2, 0.25) is 0 Å². The Kier molecular flexibility index (Phi) is 5.86. The summed E-state index contributed by atoms with van der Waals surface area (Å²) in [4.78, 5) is 27.5. The molecule has 3 atom stereocenters. The summed E-state index contributed by atoms with van der Waals surface area (Å²) in [7, 11) is -3.94. The Morgan fingerprint density at radius 2 is 1.80 bits per heavy atom. The van der Waals surface area contributed by atoms with Crippen LogP contribution in [0.25, 0.3) is 0 Å². The summed E-state index contributed by atoms with van der Waals surface area (Å²) in [5.41, 5.74) is 0.943.